The highest BCUT2D eigenvalue weighted by molar-refractivity contribution is 6.45. The van der Waals surface area contributed by atoms with E-state index in [1.165, 1.54) is 0 Å². The third kappa shape index (κ3) is 3.68. The molecule has 3 aromatic rings. The quantitative estimate of drug-likeness (QED) is 0.319. The molecular formula is C18H14N6O2. The zero-order chi connectivity index (χ0) is 18.5. The fraction of sp³-hybridized carbons (Fsp3) is 0. The number of nitrogens with zero attached hydrogens (tertiary/aromatic N) is 2. The second kappa shape index (κ2) is 7.19. The zero-order valence-electron chi connectivity index (χ0n) is 13.5. The highest BCUT2D eigenvalue weighted by Crippen LogP contribution is 2.21. The van der Waals surface area contributed by atoms with Crippen LogP contribution in [-0.4, -0.2) is 17.5 Å². The van der Waals surface area contributed by atoms with Crippen LogP contribution >= 0.6 is 0 Å². The van der Waals surface area contributed by atoms with E-state index in [1.807, 2.05) is 18.2 Å². The number of hydrazone groups is 1. The second-order valence-electron chi connectivity index (χ2n) is 5.28. The van der Waals surface area contributed by atoms with Crippen molar-refractivity contribution in [2.45, 2.75) is 0 Å². The average molecular weight is 346 g/mol. The molecule has 0 saturated heterocycles. The molecule has 0 aliphatic carbocycles. The number of carbonyl (C=O) groups is 1. The van der Waals surface area contributed by atoms with Gasteiger partial charge in [0.25, 0.3) is 5.91 Å². The van der Waals surface area contributed by atoms with Crippen molar-refractivity contribution in [2.24, 2.45) is 10.8 Å². The Morgan fingerprint density at radius 3 is 2.65 bits per heavy atom. The van der Waals surface area contributed by atoms with Gasteiger partial charge in [0.1, 0.15) is 11.7 Å². The molecule has 5 N–H and O–H groups in total. The van der Waals surface area contributed by atoms with Crippen molar-refractivity contribution in [1.29, 1.82) is 10.7 Å². The molecule has 0 saturated carbocycles. The summed E-state index contributed by atoms with van der Waals surface area (Å²) in [5.41, 5.74) is 9.27. The van der Waals surface area contributed by atoms with E-state index in [-0.39, 0.29) is 17.4 Å². The lowest BCUT2D eigenvalue weighted by Gasteiger charge is -2.06. The SMILES string of the molecule is N#C/C(=N\Nc1cccc(NC(=O)c2cc3ccccc3o2)c1)C(=N)N. The number of anilines is 2. The van der Waals surface area contributed by atoms with Crippen LogP contribution in [0.1, 0.15) is 10.6 Å². The van der Waals surface area contributed by atoms with Crippen LogP contribution in [0, 0.1) is 16.7 Å². The number of nitrogens with one attached hydrogen (secondary N) is 3. The van der Waals surface area contributed by atoms with E-state index in [9.17, 15) is 4.79 Å². The highest BCUT2D eigenvalue weighted by Gasteiger charge is 2.12. The van der Waals surface area contributed by atoms with E-state index < -0.39 is 5.84 Å². The Kier molecular flexibility index (Phi) is 4.63. The number of fused-ring (bicyclic) bond motifs is 1. The maximum absolute atomic E-state index is 12.4. The molecule has 8 heteroatoms. The summed E-state index contributed by atoms with van der Waals surface area (Å²) in [7, 11) is 0. The van der Waals surface area contributed by atoms with Crippen molar-refractivity contribution in [1.82, 2.24) is 0 Å². The molecule has 1 aromatic heterocycles. The van der Waals surface area contributed by atoms with Crippen LogP contribution in [0.25, 0.3) is 11.0 Å². The number of furan rings is 1. The molecule has 0 spiro atoms. The Bertz CT molecular complexity index is 1030. The van der Waals surface area contributed by atoms with E-state index in [0.29, 0.717) is 17.0 Å². The third-order valence-corrected chi connectivity index (χ3v) is 3.43. The number of nitriles is 1. The maximum Gasteiger partial charge on any atom is 0.291 e. The molecule has 0 aliphatic rings. The van der Waals surface area contributed by atoms with Crippen molar-refractivity contribution >= 4 is 39.8 Å². The fourth-order valence-corrected chi connectivity index (χ4v) is 2.22. The van der Waals surface area contributed by atoms with Crippen molar-refractivity contribution in [3.8, 4) is 6.07 Å². The first kappa shape index (κ1) is 16.7. The molecule has 0 unspecified atom stereocenters. The van der Waals surface area contributed by atoms with Gasteiger partial charge in [0.2, 0.25) is 5.71 Å². The summed E-state index contributed by atoms with van der Waals surface area (Å²) in [6, 6.07) is 17.4. The van der Waals surface area contributed by atoms with Gasteiger partial charge in [-0.15, -0.1) is 0 Å². The number of amidine groups is 1. The molecule has 128 valence electrons. The number of amides is 1. The number of hydrogen-bond donors (Lipinski definition) is 4. The van der Waals surface area contributed by atoms with E-state index in [2.05, 4.69) is 15.8 Å². The van der Waals surface area contributed by atoms with Gasteiger partial charge in [-0.1, -0.05) is 24.3 Å². The lowest BCUT2D eigenvalue weighted by molar-refractivity contribution is 0.0998. The summed E-state index contributed by atoms with van der Waals surface area (Å²) in [4.78, 5) is 12.4. The fourth-order valence-electron chi connectivity index (χ4n) is 2.22. The molecule has 0 bridgehead atoms. The van der Waals surface area contributed by atoms with Gasteiger partial charge in [0.15, 0.2) is 11.6 Å². The van der Waals surface area contributed by atoms with E-state index >= 15 is 0 Å². The molecule has 3 rings (SSSR count). The smallest absolute Gasteiger partial charge is 0.291 e. The summed E-state index contributed by atoms with van der Waals surface area (Å²) in [6.45, 7) is 0. The van der Waals surface area contributed by atoms with Crippen LogP contribution in [0.4, 0.5) is 11.4 Å². The predicted octanol–water partition coefficient (Wildman–Crippen LogP) is 2.91. The summed E-state index contributed by atoms with van der Waals surface area (Å²) < 4.78 is 5.53. The molecule has 2 aromatic carbocycles. The summed E-state index contributed by atoms with van der Waals surface area (Å²) in [5.74, 6) is -0.622. The second-order valence-corrected chi connectivity index (χ2v) is 5.28. The first-order chi connectivity index (χ1) is 12.6. The molecule has 0 aliphatic heterocycles. The van der Waals surface area contributed by atoms with Gasteiger partial charge in [-0.3, -0.25) is 15.6 Å². The number of para-hydroxylation sites is 1. The monoisotopic (exact) mass is 346 g/mol. The minimum absolute atomic E-state index is 0.200. The number of benzene rings is 2. The van der Waals surface area contributed by atoms with E-state index in [0.717, 1.165) is 5.39 Å². The molecule has 1 amide bonds. The average Bonchev–Trinajstić information content (AvgIpc) is 3.06. The molecule has 26 heavy (non-hydrogen) atoms. The molecule has 0 atom stereocenters. The van der Waals surface area contributed by atoms with Gasteiger partial charge in [-0.25, -0.2) is 0 Å². The Labute approximate surface area is 148 Å². The van der Waals surface area contributed by atoms with Crippen LogP contribution in [-0.2, 0) is 0 Å². The Hall–Kier alpha value is -4.12. The third-order valence-electron chi connectivity index (χ3n) is 3.43. The standard InChI is InChI=1S/C18H14N6O2/c19-10-14(17(20)21)24-23-13-6-3-5-12(9-13)22-18(25)16-8-11-4-1-2-7-15(11)26-16/h1-9,23H,(H3,20,21)(H,22,25)/b24-14+. The molecule has 8 nitrogen and oxygen atoms in total. The first-order valence-electron chi connectivity index (χ1n) is 7.55. The normalized spacial score (nSPS) is 11.0. The van der Waals surface area contributed by atoms with Gasteiger partial charge in [0, 0.05) is 11.1 Å². The molecule has 0 radical (unpaired) electrons. The first-order valence-corrected chi connectivity index (χ1v) is 7.55. The van der Waals surface area contributed by atoms with Gasteiger partial charge in [-0.05, 0) is 30.3 Å². The van der Waals surface area contributed by atoms with Crippen molar-refractivity contribution in [3.63, 3.8) is 0 Å². The minimum Gasteiger partial charge on any atom is -0.451 e. The Morgan fingerprint density at radius 2 is 1.92 bits per heavy atom. The topological polar surface area (TPSA) is 140 Å². The van der Waals surface area contributed by atoms with Crippen molar-refractivity contribution in [3.05, 3.63) is 60.4 Å². The Morgan fingerprint density at radius 1 is 1.15 bits per heavy atom. The van der Waals surface area contributed by atoms with Gasteiger partial charge < -0.3 is 15.5 Å². The lowest BCUT2D eigenvalue weighted by atomic mass is 10.2. The van der Waals surface area contributed by atoms with Crippen LogP contribution in [0.2, 0.25) is 0 Å². The summed E-state index contributed by atoms with van der Waals surface area (Å²) >= 11 is 0. The van der Waals surface area contributed by atoms with Crippen molar-refractivity contribution < 1.29 is 9.21 Å². The molecule has 1 heterocycles. The number of rotatable bonds is 5. The summed E-state index contributed by atoms with van der Waals surface area (Å²) in [5, 5.41) is 23.4. The minimum atomic E-state index is -0.436. The van der Waals surface area contributed by atoms with Gasteiger partial charge >= 0.3 is 0 Å². The van der Waals surface area contributed by atoms with E-state index in [4.69, 9.17) is 20.8 Å². The predicted molar refractivity (Wildman–Crippen MR) is 99.2 cm³/mol. The van der Waals surface area contributed by atoms with Gasteiger partial charge in [0.05, 0.1) is 5.69 Å². The van der Waals surface area contributed by atoms with Crippen molar-refractivity contribution in [2.75, 3.05) is 10.7 Å². The van der Waals surface area contributed by atoms with Crippen LogP contribution in [0.3, 0.4) is 0 Å². The Balaban J connectivity index is 1.75. The van der Waals surface area contributed by atoms with E-state index in [1.54, 1.807) is 42.5 Å². The summed E-state index contributed by atoms with van der Waals surface area (Å²) in [6.07, 6.45) is 0. The van der Waals surface area contributed by atoms with Gasteiger partial charge in [-0.2, -0.15) is 10.4 Å². The number of carbonyl (C=O) groups excluding carboxylic acids is 1. The van der Waals surface area contributed by atoms with Crippen LogP contribution in [0.15, 0.2) is 64.1 Å². The lowest BCUT2D eigenvalue weighted by Crippen LogP contribution is -2.21. The highest BCUT2D eigenvalue weighted by atomic mass is 16.3. The number of hydrogen-bond acceptors (Lipinski definition) is 6. The molecule has 0 fully saturated rings. The largest absolute Gasteiger partial charge is 0.451 e. The zero-order valence-corrected chi connectivity index (χ0v) is 13.5. The van der Waals surface area contributed by atoms with Crippen LogP contribution < -0.4 is 16.5 Å². The molecular weight excluding hydrogens is 332 g/mol. The maximum atomic E-state index is 12.4. The number of nitrogens with two attached hydrogens (primary N) is 1. The van der Waals surface area contributed by atoms with Crippen LogP contribution in [0.5, 0.6) is 0 Å².